The highest BCUT2D eigenvalue weighted by Gasteiger charge is 2.14. The fraction of sp³-hybridized carbons (Fsp3) is 0.643. The molecule has 2 atom stereocenters. The molecular formula is C14H24N2O. The normalized spacial score (nSPS) is 14.9. The average molecular weight is 236 g/mol. The summed E-state index contributed by atoms with van der Waals surface area (Å²) >= 11 is 0. The van der Waals surface area contributed by atoms with Crippen molar-refractivity contribution >= 4 is 0 Å². The van der Waals surface area contributed by atoms with E-state index in [1.54, 1.807) is 0 Å². The maximum absolute atomic E-state index is 9.04. The topological polar surface area (TPSA) is 45.1 Å². The van der Waals surface area contributed by atoms with Crippen molar-refractivity contribution in [2.45, 2.75) is 33.2 Å². The molecule has 1 rings (SSSR count). The Morgan fingerprint density at radius 2 is 2.06 bits per heavy atom. The number of nitrogens with one attached hydrogen (secondary N) is 1. The Balaban J connectivity index is 2.61. The summed E-state index contributed by atoms with van der Waals surface area (Å²) in [5, 5.41) is 12.5. The Kier molecular flexibility index (Phi) is 6.16. The van der Waals surface area contributed by atoms with Crippen molar-refractivity contribution in [3.8, 4) is 0 Å². The minimum atomic E-state index is 0.226. The second kappa shape index (κ2) is 7.41. The summed E-state index contributed by atoms with van der Waals surface area (Å²) in [7, 11) is 0. The van der Waals surface area contributed by atoms with Crippen LogP contribution >= 0.6 is 0 Å². The van der Waals surface area contributed by atoms with Gasteiger partial charge in [-0.05, 0) is 30.4 Å². The van der Waals surface area contributed by atoms with E-state index in [4.69, 9.17) is 5.11 Å². The van der Waals surface area contributed by atoms with Gasteiger partial charge in [-0.3, -0.25) is 4.98 Å². The fourth-order valence-corrected chi connectivity index (χ4v) is 1.77. The standard InChI is InChI=1S/C14H24N2O/c1-11(2)8-14(16-9-12(3)10-17)13-6-4-5-7-15-13/h4-7,11-12,14,16-17H,8-10H2,1-3H3. The first-order chi connectivity index (χ1) is 8.13. The SMILES string of the molecule is CC(C)CC(NCC(C)CO)c1ccccn1. The first-order valence-corrected chi connectivity index (χ1v) is 6.38. The number of hydrogen-bond donors (Lipinski definition) is 2. The molecule has 0 spiro atoms. The van der Waals surface area contributed by atoms with Crippen molar-refractivity contribution in [1.29, 1.82) is 0 Å². The van der Waals surface area contributed by atoms with Crippen LogP contribution in [0.4, 0.5) is 0 Å². The molecular weight excluding hydrogens is 212 g/mol. The van der Waals surface area contributed by atoms with Gasteiger partial charge in [0, 0.05) is 25.4 Å². The fourth-order valence-electron chi connectivity index (χ4n) is 1.77. The van der Waals surface area contributed by atoms with Crippen molar-refractivity contribution in [3.63, 3.8) is 0 Å². The number of pyridine rings is 1. The number of rotatable bonds is 7. The summed E-state index contributed by atoms with van der Waals surface area (Å²) in [6, 6.07) is 6.30. The Labute approximate surface area is 104 Å². The van der Waals surface area contributed by atoms with E-state index in [1.165, 1.54) is 0 Å². The van der Waals surface area contributed by atoms with Gasteiger partial charge in [-0.25, -0.2) is 0 Å². The van der Waals surface area contributed by atoms with Crippen LogP contribution in [0.5, 0.6) is 0 Å². The van der Waals surface area contributed by atoms with Crippen molar-refractivity contribution in [2.24, 2.45) is 11.8 Å². The molecule has 2 N–H and O–H groups in total. The second-order valence-corrected chi connectivity index (χ2v) is 5.13. The molecule has 0 radical (unpaired) electrons. The molecule has 3 heteroatoms. The monoisotopic (exact) mass is 236 g/mol. The maximum Gasteiger partial charge on any atom is 0.0573 e. The summed E-state index contributed by atoms with van der Waals surface area (Å²) < 4.78 is 0. The zero-order chi connectivity index (χ0) is 12.7. The molecule has 0 amide bonds. The van der Waals surface area contributed by atoms with Crippen LogP contribution in [0.1, 0.15) is 38.9 Å². The van der Waals surface area contributed by atoms with Crippen molar-refractivity contribution < 1.29 is 5.11 Å². The molecule has 0 fully saturated rings. The van der Waals surface area contributed by atoms with Crippen molar-refractivity contribution in [3.05, 3.63) is 30.1 Å². The predicted molar refractivity (Wildman–Crippen MR) is 70.7 cm³/mol. The van der Waals surface area contributed by atoms with Gasteiger partial charge in [0.2, 0.25) is 0 Å². The van der Waals surface area contributed by atoms with Crippen LogP contribution in [-0.4, -0.2) is 23.2 Å². The molecule has 1 aromatic heterocycles. The van der Waals surface area contributed by atoms with E-state index < -0.39 is 0 Å². The Hall–Kier alpha value is -0.930. The van der Waals surface area contributed by atoms with Gasteiger partial charge in [0.05, 0.1) is 5.69 Å². The predicted octanol–water partition coefficient (Wildman–Crippen LogP) is 2.39. The Bertz CT molecular complexity index is 300. The van der Waals surface area contributed by atoms with E-state index in [9.17, 15) is 0 Å². The first kappa shape index (κ1) is 14.1. The number of aliphatic hydroxyl groups excluding tert-OH is 1. The number of aliphatic hydroxyl groups is 1. The van der Waals surface area contributed by atoms with Crippen molar-refractivity contribution in [1.82, 2.24) is 10.3 Å². The van der Waals surface area contributed by atoms with Crippen LogP contribution in [0.15, 0.2) is 24.4 Å². The highest BCUT2D eigenvalue weighted by molar-refractivity contribution is 5.08. The van der Waals surface area contributed by atoms with Crippen molar-refractivity contribution in [2.75, 3.05) is 13.2 Å². The highest BCUT2D eigenvalue weighted by atomic mass is 16.3. The van der Waals surface area contributed by atoms with E-state index in [1.807, 2.05) is 25.3 Å². The van der Waals surface area contributed by atoms with E-state index in [0.717, 1.165) is 18.7 Å². The lowest BCUT2D eigenvalue weighted by Crippen LogP contribution is -2.29. The second-order valence-electron chi connectivity index (χ2n) is 5.13. The third-order valence-electron chi connectivity index (χ3n) is 2.78. The molecule has 17 heavy (non-hydrogen) atoms. The quantitative estimate of drug-likeness (QED) is 0.764. The summed E-state index contributed by atoms with van der Waals surface area (Å²) in [4.78, 5) is 4.41. The van der Waals surface area contributed by atoms with E-state index >= 15 is 0 Å². The summed E-state index contributed by atoms with van der Waals surface area (Å²) in [6.45, 7) is 7.52. The minimum Gasteiger partial charge on any atom is -0.396 e. The van der Waals surface area contributed by atoms with Gasteiger partial charge in [0.25, 0.3) is 0 Å². The molecule has 2 unspecified atom stereocenters. The van der Waals surface area contributed by atoms with Crippen LogP contribution in [0.3, 0.4) is 0 Å². The smallest absolute Gasteiger partial charge is 0.0573 e. The summed E-state index contributed by atoms with van der Waals surface area (Å²) in [6.07, 6.45) is 2.90. The Morgan fingerprint density at radius 3 is 2.59 bits per heavy atom. The molecule has 0 bridgehead atoms. The van der Waals surface area contributed by atoms with Gasteiger partial charge in [-0.1, -0.05) is 26.8 Å². The number of nitrogens with zero attached hydrogens (tertiary/aromatic N) is 1. The molecule has 0 aliphatic rings. The van der Waals surface area contributed by atoms with E-state index in [0.29, 0.717) is 5.92 Å². The zero-order valence-electron chi connectivity index (χ0n) is 11.1. The number of hydrogen-bond acceptors (Lipinski definition) is 3. The third kappa shape index (κ3) is 5.29. The van der Waals surface area contributed by atoms with Gasteiger partial charge < -0.3 is 10.4 Å². The lowest BCUT2D eigenvalue weighted by atomic mass is 10.00. The molecule has 96 valence electrons. The average Bonchev–Trinajstić information content (AvgIpc) is 2.34. The van der Waals surface area contributed by atoms with Crippen LogP contribution in [0, 0.1) is 11.8 Å². The van der Waals surface area contributed by atoms with Gasteiger partial charge in [-0.15, -0.1) is 0 Å². The molecule has 0 saturated heterocycles. The highest BCUT2D eigenvalue weighted by Crippen LogP contribution is 2.19. The van der Waals surface area contributed by atoms with Crippen LogP contribution < -0.4 is 5.32 Å². The van der Waals surface area contributed by atoms with E-state index in [-0.39, 0.29) is 18.6 Å². The molecule has 1 heterocycles. The summed E-state index contributed by atoms with van der Waals surface area (Å²) in [5.41, 5.74) is 1.09. The van der Waals surface area contributed by atoms with Gasteiger partial charge >= 0.3 is 0 Å². The van der Waals surface area contributed by atoms with Crippen LogP contribution in [0.25, 0.3) is 0 Å². The number of aromatic nitrogens is 1. The molecule has 0 aliphatic heterocycles. The molecule has 1 aromatic rings. The van der Waals surface area contributed by atoms with Gasteiger partial charge in [0.15, 0.2) is 0 Å². The molecule has 0 aromatic carbocycles. The lowest BCUT2D eigenvalue weighted by Gasteiger charge is -2.21. The molecule has 0 saturated carbocycles. The Morgan fingerprint density at radius 1 is 1.29 bits per heavy atom. The largest absolute Gasteiger partial charge is 0.396 e. The van der Waals surface area contributed by atoms with Crippen LogP contribution in [-0.2, 0) is 0 Å². The zero-order valence-corrected chi connectivity index (χ0v) is 11.1. The molecule has 0 aliphatic carbocycles. The first-order valence-electron chi connectivity index (χ1n) is 6.38. The van der Waals surface area contributed by atoms with Gasteiger partial charge in [-0.2, -0.15) is 0 Å². The lowest BCUT2D eigenvalue weighted by molar-refractivity contribution is 0.227. The maximum atomic E-state index is 9.04. The van der Waals surface area contributed by atoms with Gasteiger partial charge in [0.1, 0.15) is 0 Å². The summed E-state index contributed by atoms with van der Waals surface area (Å²) in [5.74, 6) is 0.910. The third-order valence-corrected chi connectivity index (χ3v) is 2.78. The minimum absolute atomic E-state index is 0.226. The van der Waals surface area contributed by atoms with E-state index in [2.05, 4.69) is 30.2 Å². The van der Waals surface area contributed by atoms with Crippen LogP contribution in [0.2, 0.25) is 0 Å². The molecule has 3 nitrogen and oxygen atoms in total.